The number of aromatic nitrogens is 4. The van der Waals surface area contributed by atoms with Gasteiger partial charge in [0.05, 0.1) is 6.61 Å². The lowest BCUT2D eigenvalue weighted by atomic mass is 10.2. The van der Waals surface area contributed by atoms with Gasteiger partial charge in [-0.2, -0.15) is 14.6 Å². The topological polar surface area (TPSA) is 75.9 Å². The standard InChI is InChI=1S/C20H24N6O2/c1-16-14-18(26-20(23-16)21-15-22-26)24-9-11-25(12-10-24)19(27)8-5-13-28-17-6-3-2-4-7-17/h2-4,6-7,14-15H,5,8-13H2,1H3. The fourth-order valence-corrected chi connectivity index (χ4v) is 3.41. The zero-order chi connectivity index (χ0) is 19.3. The highest BCUT2D eigenvalue weighted by Gasteiger charge is 2.23. The number of hydrogen-bond acceptors (Lipinski definition) is 6. The number of anilines is 1. The van der Waals surface area contributed by atoms with Crippen LogP contribution in [0.5, 0.6) is 5.75 Å². The van der Waals surface area contributed by atoms with Crippen LogP contribution in [0.25, 0.3) is 5.78 Å². The monoisotopic (exact) mass is 380 g/mol. The smallest absolute Gasteiger partial charge is 0.254 e. The SMILES string of the molecule is Cc1cc(N2CCN(C(=O)CCCOc3ccccc3)CC2)n2ncnc2n1. The van der Waals surface area contributed by atoms with E-state index in [0.717, 1.165) is 36.8 Å². The van der Waals surface area contributed by atoms with E-state index < -0.39 is 0 Å². The molecule has 1 fully saturated rings. The van der Waals surface area contributed by atoms with Gasteiger partial charge in [0.1, 0.15) is 17.9 Å². The first-order chi connectivity index (χ1) is 13.7. The molecule has 146 valence electrons. The molecule has 4 rings (SSSR count). The Morgan fingerprint density at radius 2 is 1.93 bits per heavy atom. The van der Waals surface area contributed by atoms with Gasteiger partial charge in [-0.1, -0.05) is 18.2 Å². The summed E-state index contributed by atoms with van der Waals surface area (Å²) in [7, 11) is 0. The van der Waals surface area contributed by atoms with Crippen molar-refractivity contribution in [2.45, 2.75) is 19.8 Å². The predicted octanol–water partition coefficient (Wildman–Crippen LogP) is 1.94. The minimum Gasteiger partial charge on any atom is -0.494 e. The van der Waals surface area contributed by atoms with Crippen LogP contribution in [-0.2, 0) is 4.79 Å². The summed E-state index contributed by atoms with van der Waals surface area (Å²) in [6, 6.07) is 11.7. The number of aryl methyl sites for hydroxylation is 1. The van der Waals surface area contributed by atoms with E-state index in [1.54, 1.807) is 4.52 Å². The molecule has 0 spiro atoms. The highest BCUT2D eigenvalue weighted by atomic mass is 16.5. The molecule has 1 aliphatic heterocycles. The average molecular weight is 380 g/mol. The van der Waals surface area contributed by atoms with Crippen LogP contribution in [0.15, 0.2) is 42.7 Å². The number of carbonyl (C=O) groups excluding carboxylic acids is 1. The van der Waals surface area contributed by atoms with Crippen molar-refractivity contribution >= 4 is 17.5 Å². The highest BCUT2D eigenvalue weighted by Crippen LogP contribution is 2.18. The molecule has 0 atom stereocenters. The summed E-state index contributed by atoms with van der Waals surface area (Å²) in [4.78, 5) is 25.2. The molecule has 28 heavy (non-hydrogen) atoms. The Morgan fingerprint density at radius 1 is 1.14 bits per heavy atom. The fraction of sp³-hybridized carbons (Fsp3) is 0.400. The second-order valence-corrected chi connectivity index (χ2v) is 6.86. The minimum atomic E-state index is 0.188. The Labute approximate surface area is 163 Å². The first-order valence-corrected chi connectivity index (χ1v) is 9.59. The van der Waals surface area contributed by atoms with Gasteiger partial charge in [0.25, 0.3) is 5.78 Å². The summed E-state index contributed by atoms with van der Waals surface area (Å²) in [5.74, 6) is 2.61. The van der Waals surface area contributed by atoms with Crippen molar-refractivity contribution in [3.8, 4) is 5.75 Å². The summed E-state index contributed by atoms with van der Waals surface area (Å²) in [6.07, 6.45) is 2.74. The lowest BCUT2D eigenvalue weighted by molar-refractivity contribution is -0.131. The van der Waals surface area contributed by atoms with E-state index in [2.05, 4.69) is 20.0 Å². The van der Waals surface area contributed by atoms with Crippen molar-refractivity contribution in [3.63, 3.8) is 0 Å². The highest BCUT2D eigenvalue weighted by molar-refractivity contribution is 5.76. The van der Waals surface area contributed by atoms with Gasteiger partial charge < -0.3 is 14.5 Å². The van der Waals surface area contributed by atoms with Gasteiger partial charge in [0.2, 0.25) is 5.91 Å². The van der Waals surface area contributed by atoms with Crippen molar-refractivity contribution in [3.05, 3.63) is 48.4 Å². The van der Waals surface area contributed by atoms with Crippen LogP contribution in [0.4, 0.5) is 5.82 Å². The van der Waals surface area contributed by atoms with E-state index >= 15 is 0 Å². The molecule has 0 saturated carbocycles. The number of benzene rings is 1. The predicted molar refractivity (Wildman–Crippen MR) is 105 cm³/mol. The number of piperazine rings is 1. The Kier molecular flexibility index (Phi) is 5.36. The summed E-state index contributed by atoms with van der Waals surface area (Å²) in [6.45, 7) is 5.45. The van der Waals surface area contributed by atoms with Crippen LogP contribution in [0.2, 0.25) is 0 Å². The van der Waals surface area contributed by atoms with E-state index in [9.17, 15) is 4.79 Å². The molecule has 3 heterocycles. The third kappa shape index (κ3) is 4.05. The molecule has 8 nitrogen and oxygen atoms in total. The van der Waals surface area contributed by atoms with Crippen LogP contribution in [0, 0.1) is 6.92 Å². The van der Waals surface area contributed by atoms with Crippen LogP contribution in [0.3, 0.4) is 0 Å². The van der Waals surface area contributed by atoms with Gasteiger partial charge >= 0.3 is 0 Å². The Hall–Kier alpha value is -3.16. The maximum Gasteiger partial charge on any atom is 0.254 e. The molecule has 1 amide bonds. The number of nitrogens with zero attached hydrogens (tertiary/aromatic N) is 6. The van der Waals surface area contributed by atoms with Gasteiger partial charge in [-0.25, -0.2) is 4.98 Å². The van der Waals surface area contributed by atoms with Gasteiger partial charge in [-0.3, -0.25) is 4.79 Å². The number of hydrogen-bond donors (Lipinski definition) is 0. The van der Waals surface area contributed by atoms with Crippen molar-refractivity contribution in [2.24, 2.45) is 0 Å². The van der Waals surface area contributed by atoms with E-state index in [4.69, 9.17) is 4.74 Å². The van der Waals surface area contributed by atoms with Crippen molar-refractivity contribution in [1.82, 2.24) is 24.5 Å². The number of para-hydroxylation sites is 1. The number of amides is 1. The Bertz CT molecular complexity index is 934. The molecule has 2 aromatic heterocycles. The van der Waals surface area contributed by atoms with Crippen molar-refractivity contribution in [1.29, 1.82) is 0 Å². The maximum absolute atomic E-state index is 12.5. The van der Waals surface area contributed by atoms with E-state index in [1.807, 2.05) is 48.2 Å². The zero-order valence-corrected chi connectivity index (χ0v) is 16.0. The molecular formula is C20H24N6O2. The zero-order valence-electron chi connectivity index (χ0n) is 16.0. The minimum absolute atomic E-state index is 0.188. The fourth-order valence-electron chi connectivity index (χ4n) is 3.41. The summed E-state index contributed by atoms with van der Waals surface area (Å²) in [5.41, 5.74) is 0.910. The quantitative estimate of drug-likeness (QED) is 0.609. The van der Waals surface area contributed by atoms with Crippen LogP contribution >= 0.6 is 0 Å². The second-order valence-electron chi connectivity index (χ2n) is 6.86. The summed E-state index contributed by atoms with van der Waals surface area (Å²) in [5, 5.41) is 4.27. The van der Waals surface area contributed by atoms with Crippen LogP contribution < -0.4 is 9.64 Å². The molecule has 8 heteroatoms. The summed E-state index contributed by atoms with van der Waals surface area (Å²) < 4.78 is 7.42. The molecule has 1 aliphatic rings. The largest absolute Gasteiger partial charge is 0.494 e. The first kappa shape index (κ1) is 18.2. The number of carbonyl (C=O) groups is 1. The van der Waals surface area contributed by atoms with Crippen LogP contribution in [0.1, 0.15) is 18.5 Å². The number of fused-ring (bicyclic) bond motifs is 1. The normalized spacial score (nSPS) is 14.5. The molecule has 3 aromatic rings. The molecule has 1 saturated heterocycles. The number of rotatable bonds is 6. The molecular weight excluding hydrogens is 356 g/mol. The van der Waals surface area contributed by atoms with Crippen LogP contribution in [-0.4, -0.2) is 63.2 Å². The maximum atomic E-state index is 12.5. The Balaban J connectivity index is 1.26. The van der Waals surface area contributed by atoms with E-state index in [1.165, 1.54) is 6.33 Å². The molecule has 0 N–H and O–H groups in total. The molecule has 0 radical (unpaired) electrons. The third-order valence-electron chi connectivity index (χ3n) is 4.86. The average Bonchev–Trinajstić information content (AvgIpc) is 3.20. The lowest BCUT2D eigenvalue weighted by Crippen LogP contribution is -2.49. The summed E-state index contributed by atoms with van der Waals surface area (Å²) >= 11 is 0. The first-order valence-electron chi connectivity index (χ1n) is 9.59. The molecule has 0 unspecified atom stereocenters. The Morgan fingerprint density at radius 3 is 2.71 bits per heavy atom. The third-order valence-corrected chi connectivity index (χ3v) is 4.86. The lowest BCUT2D eigenvalue weighted by Gasteiger charge is -2.36. The van der Waals surface area contributed by atoms with E-state index in [-0.39, 0.29) is 5.91 Å². The van der Waals surface area contributed by atoms with E-state index in [0.29, 0.717) is 31.9 Å². The van der Waals surface area contributed by atoms with Gasteiger partial charge in [0.15, 0.2) is 0 Å². The van der Waals surface area contributed by atoms with Gasteiger partial charge in [-0.05, 0) is 25.5 Å². The van der Waals surface area contributed by atoms with Gasteiger partial charge in [0, 0.05) is 44.4 Å². The second kappa shape index (κ2) is 8.24. The van der Waals surface area contributed by atoms with Gasteiger partial charge in [-0.15, -0.1) is 0 Å². The molecule has 0 aliphatic carbocycles. The molecule has 1 aromatic carbocycles. The van der Waals surface area contributed by atoms with Crippen molar-refractivity contribution in [2.75, 3.05) is 37.7 Å². The molecule has 0 bridgehead atoms. The van der Waals surface area contributed by atoms with Crippen molar-refractivity contribution < 1.29 is 9.53 Å². The number of ether oxygens (including phenoxy) is 1.